The largest absolute Gasteiger partial charge is 0.253 e. The first kappa shape index (κ1) is 13.4. The number of rotatable bonds is 1. The Labute approximate surface area is 128 Å². The molecule has 21 heavy (non-hydrogen) atoms. The van der Waals surface area contributed by atoms with E-state index in [4.69, 9.17) is 5.32 Å². The summed E-state index contributed by atoms with van der Waals surface area (Å²) in [5.74, 6) is 0.778. The molecule has 1 aliphatic heterocycles. The number of fused-ring (bicyclic) bond motifs is 2. The maximum absolute atomic E-state index is 4.91. The third-order valence-electron chi connectivity index (χ3n) is 5.62. The fourth-order valence-electron chi connectivity index (χ4n) is 4.53. The van der Waals surface area contributed by atoms with Crippen molar-refractivity contribution in [2.45, 2.75) is 76.5 Å². The van der Waals surface area contributed by atoms with E-state index in [1.165, 1.54) is 82.0 Å². The monoisotopic (exact) mass is 280 g/mol. The summed E-state index contributed by atoms with van der Waals surface area (Å²) >= 11 is 0. The summed E-state index contributed by atoms with van der Waals surface area (Å²) in [7, 11) is 0. The van der Waals surface area contributed by atoms with Crippen LogP contribution in [0.15, 0.2) is 23.9 Å². The Bertz CT molecular complexity index is 545. The van der Waals surface area contributed by atoms with Gasteiger partial charge in [-0.2, -0.15) is 0 Å². The Balaban J connectivity index is 1.67. The van der Waals surface area contributed by atoms with E-state index in [0.717, 1.165) is 5.92 Å². The average molecular weight is 280 g/mol. The highest BCUT2D eigenvalue weighted by atomic mass is 14.9. The Morgan fingerprint density at radius 3 is 2.38 bits per heavy atom. The van der Waals surface area contributed by atoms with Gasteiger partial charge in [-0.15, -0.1) is 0 Å². The molecule has 2 aliphatic carbocycles. The molecule has 0 saturated heterocycles. The normalized spacial score (nSPS) is 23.0. The first-order chi connectivity index (χ1) is 10.4. The minimum absolute atomic E-state index is 0.778. The molecule has 1 aromatic carbocycles. The van der Waals surface area contributed by atoms with Gasteiger partial charge < -0.3 is 0 Å². The fraction of sp³-hybridized carbons (Fsp3) is 0.600. The summed E-state index contributed by atoms with van der Waals surface area (Å²) in [6.07, 6.45) is 15.1. The lowest BCUT2D eigenvalue weighted by Gasteiger charge is -2.20. The van der Waals surface area contributed by atoms with E-state index in [1.807, 2.05) is 0 Å². The molecule has 4 rings (SSSR count). The van der Waals surface area contributed by atoms with Crippen molar-refractivity contribution < 1.29 is 0 Å². The van der Waals surface area contributed by atoms with Gasteiger partial charge in [0.1, 0.15) is 0 Å². The van der Waals surface area contributed by atoms with Gasteiger partial charge in [0.25, 0.3) is 0 Å². The number of allylic oxidation sites excluding steroid dienone is 2. The first-order valence-corrected chi connectivity index (χ1v) is 9.00. The van der Waals surface area contributed by atoms with Crippen LogP contribution in [0.2, 0.25) is 0 Å². The fourth-order valence-corrected chi connectivity index (χ4v) is 4.53. The summed E-state index contributed by atoms with van der Waals surface area (Å²) in [6, 6.07) is 6.88. The molecule has 1 aromatic rings. The predicted molar refractivity (Wildman–Crippen MR) is 88.7 cm³/mol. The Morgan fingerprint density at radius 2 is 1.57 bits per heavy atom. The second-order valence-corrected chi connectivity index (χ2v) is 7.03. The van der Waals surface area contributed by atoms with Crippen LogP contribution in [-0.4, -0.2) is 0 Å². The molecule has 1 heteroatoms. The van der Waals surface area contributed by atoms with Crippen LogP contribution in [0.4, 0.5) is 5.69 Å². The summed E-state index contributed by atoms with van der Waals surface area (Å²) in [4.78, 5) is 0. The van der Waals surface area contributed by atoms with Crippen LogP contribution < -0.4 is 5.32 Å². The summed E-state index contributed by atoms with van der Waals surface area (Å²) in [5.41, 5.74) is 7.46. The van der Waals surface area contributed by atoms with Crippen molar-refractivity contribution in [3.63, 3.8) is 0 Å². The van der Waals surface area contributed by atoms with Crippen LogP contribution in [0.5, 0.6) is 0 Å². The van der Waals surface area contributed by atoms with Crippen molar-refractivity contribution in [1.82, 2.24) is 5.32 Å². The summed E-state index contributed by atoms with van der Waals surface area (Å²) < 4.78 is 0. The number of nitrogens with zero attached hydrogens (tertiary/aromatic N) is 1. The van der Waals surface area contributed by atoms with E-state index < -0.39 is 0 Å². The maximum Gasteiger partial charge on any atom is 0.0711 e. The van der Waals surface area contributed by atoms with Gasteiger partial charge in [0.2, 0.25) is 0 Å². The lowest BCUT2D eigenvalue weighted by molar-refractivity contribution is 0.539. The van der Waals surface area contributed by atoms with Crippen molar-refractivity contribution in [3.8, 4) is 0 Å². The molecule has 1 saturated carbocycles. The van der Waals surface area contributed by atoms with Gasteiger partial charge in [0.15, 0.2) is 0 Å². The minimum Gasteiger partial charge on any atom is -0.253 e. The van der Waals surface area contributed by atoms with Crippen LogP contribution in [0, 0.1) is 0 Å². The zero-order chi connectivity index (χ0) is 14.1. The lowest BCUT2D eigenvalue weighted by Crippen LogP contribution is -2.03. The van der Waals surface area contributed by atoms with E-state index in [9.17, 15) is 0 Å². The molecule has 0 amide bonds. The quantitative estimate of drug-likeness (QED) is 0.594. The molecule has 0 unspecified atom stereocenters. The molecule has 0 atom stereocenters. The minimum atomic E-state index is 0.778. The standard InChI is InChI=1S/C20H26N/c1-2-4-6-10-15(9-5-3-1)16-11-7-14-19-20(16)17-12-8-13-18(17)21-19/h7,11,14-15H,1-6,8-10,12-13H2. The van der Waals surface area contributed by atoms with Crippen LogP contribution in [0.25, 0.3) is 5.57 Å². The molecule has 1 fully saturated rings. The maximum atomic E-state index is 4.91. The topological polar surface area (TPSA) is 14.1 Å². The van der Waals surface area contributed by atoms with E-state index in [1.54, 1.807) is 16.7 Å². The van der Waals surface area contributed by atoms with Gasteiger partial charge in [-0.3, -0.25) is 5.32 Å². The Morgan fingerprint density at radius 1 is 0.810 bits per heavy atom. The smallest absolute Gasteiger partial charge is 0.0711 e. The van der Waals surface area contributed by atoms with Crippen LogP contribution in [0.3, 0.4) is 0 Å². The molecular weight excluding hydrogens is 254 g/mol. The highest BCUT2D eigenvalue weighted by molar-refractivity contribution is 5.85. The molecular formula is C20H26N. The molecule has 0 spiro atoms. The van der Waals surface area contributed by atoms with Crippen molar-refractivity contribution >= 4 is 11.3 Å². The molecule has 0 aromatic heterocycles. The third kappa shape index (κ3) is 2.52. The number of hydrogen-bond acceptors (Lipinski definition) is 0. The Kier molecular flexibility index (Phi) is 3.75. The average Bonchev–Trinajstić information content (AvgIpc) is 3.10. The molecule has 111 valence electrons. The molecule has 0 bridgehead atoms. The first-order valence-electron chi connectivity index (χ1n) is 9.00. The van der Waals surface area contributed by atoms with E-state index >= 15 is 0 Å². The number of benzene rings is 1. The molecule has 1 nitrogen and oxygen atoms in total. The zero-order valence-corrected chi connectivity index (χ0v) is 13.0. The van der Waals surface area contributed by atoms with E-state index in [2.05, 4.69) is 18.2 Å². The van der Waals surface area contributed by atoms with Gasteiger partial charge in [-0.1, -0.05) is 50.7 Å². The highest BCUT2D eigenvalue weighted by Gasteiger charge is 2.30. The summed E-state index contributed by atoms with van der Waals surface area (Å²) in [5, 5.41) is 4.91. The van der Waals surface area contributed by atoms with Gasteiger partial charge in [0, 0.05) is 11.3 Å². The zero-order valence-electron chi connectivity index (χ0n) is 13.0. The summed E-state index contributed by atoms with van der Waals surface area (Å²) in [6.45, 7) is 0. The van der Waals surface area contributed by atoms with E-state index in [0.29, 0.717) is 0 Å². The molecule has 3 aliphatic rings. The van der Waals surface area contributed by atoms with Gasteiger partial charge in [0.05, 0.1) is 5.69 Å². The van der Waals surface area contributed by atoms with Crippen molar-refractivity contribution in [1.29, 1.82) is 0 Å². The van der Waals surface area contributed by atoms with Crippen molar-refractivity contribution in [2.24, 2.45) is 0 Å². The third-order valence-corrected chi connectivity index (χ3v) is 5.62. The number of hydrogen-bond donors (Lipinski definition) is 0. The van der Waals surface area contributed by atoms with Gasteiger partial charge >= 0.3 is 0 Å². The van der Waals surface area contributed by atoms with Crippen molar-refractivity contribution in [3.05, 3.63) is 35.0 Å². The second kappa shape index (κ2) is 5.87. The van der Waals surface area contributed by atoms with Crippen LogP contribution in [-0.2, 0) is 0 Å². The Hall–Kier alpha value is -1.24. The molecule has 0 N–H and O–H groups in total. The molecule has 1 radical (unpaired) electrons. The SMILES string of the molecule is c1cc2c(c(C3CCCCCCCC3)c1)C1=C(CCC1)[N]2. The van der Waals surface area contributed by atoms with Gasteiger partial charge in [-0.05, 0) is 55.2 Å². The van der Waals surface area contributed by atoms with Crippen molar-refractivity contribution in [2.75, 3.05) is 0 Å². The lowest BCUT2D eigenvalue weighted by atomic mass is 9.84. The predicted octanol–water partition coefficient (Wildman–Crippen LogP) is 6.05. The second-order valence-electron chi connectivity index (χ2n) is 7.03. The van der Waals surface area contributed by atoms with Crippen LogP contribution >= 0.6 is 0 Å². The molecule has 1 heterocycles. The van der Waals surface area contributed by atoms with Crippen LogP contribution in [0.1, 0.15) is 87.7 Å². The van der Waals surface area contributed by atoms with E-state index in [-0.39, 0.29) is 0 Å². The highest BCUT2D eigenvalue weighted by Crippen LogP contribution is 2.48. The van der Waals surface area contributed by atoms with Gasteiger partial charge in [-0.25, -0.2) is 0 Å².